The lowest BCUT2D eigenvalue weighted by Gasteiger charge is -2.05. The average Bonchev–Trinajstić information content (AvgIpc) is 2.94. The van der Waals surface area contributed by atoms with Crippen molar-refractivity contribution in [3.05, 3.63) is 39.9 Å². The van der Waals surface area contributed by atoms with Crippen LogP contribution in [0.5, 0.6) is 0 Å². The van der Waals surface area contributed by atoms with Crippen LogP contribution in [0.4, 0.5) is 15.6 Å². The smallest absolute Gasteiger partial charge is 0.325 e. The number of methoxy groups -OCH3 is 1. The lowest BCUT2D eigenvalue weighted by molar-refractivity contribution is 0.0952. The van der Waals surface area contributed by atoms with E-state index in [0.29, 0.717) is 39.6 Å². The molecule has 3 N–H and O–H groups in total. The molecule has 0 saturated heterocycles. The Balaban J connectivity index is 1.91. The van der Waals surface area contributed by atoms with E-state index in [9.17, 15) is 9.59 Å². The Kier molecular flexibility index (Phi) is 7.17. The molecule has 25 heavy (non-hydrogen) atoms. The molecule has 1 heterocycles. The molecule has 0 atom stereocenters. The lowest BCUT2D eigenvalue weighted by atomic mass is 10.3. The SMILES string of the molecule is COCCCNC(=O)c1sc(NC(=O)Nc2ccc(Cl)cc2)nc1C. The van der Waals surface area contributed by atoms with Crippen LogP contribution < -0.4 is 16.0 Å². The summed E-state index contributed by atoms with van der Waals surface area (Å²) >= 11 is 6.93. The molecule has 1 aromatic carbocycles. The van der Waals surface area contributed by atoms with E-state index in [2.05, 4.69) is 20.9 Å². The summed E-state index contributed by atoms with van der Waals surface area (Å²) in [4.78, 5) is 28.8. The number of rotatable bonds is 7. The van der Waals surface area contributed by atoms with Gasteiger partial charge in [-0.25, -0.2) is 9.78 Å². The molecular weight excluding hydrogens is 364 g/mol. The predicted octanol–water partition coefficient (Wildman–Crippen LogP) is 3.52. The molecule has 0 bridgehead atoms. The van der Waals surface area contributed by atoms with E-state index < -0.39 is 6.03 Å². The fourth-order valence-electron chi connectivity index (χ4n) is 1.95. The van der Waals surface area contributed by atoms with E-state index in [0.717, 1.165) is 17.8 Å². The van der Waals surface area contributed by atoms with E-state index in [4.69, 9.17) is 16.3 Å². The molecule has 2 aromatic rings. The van der Waals surface area contributed by atoms with Crippen LogP contribution in [0.15, 0.2) is 24.3 Å². The fraction of sp³-hybridized carbons (Fsp3) is 0.312. The van der Waals surface area contributed by atoms with Gasteiger partial charge in [-0.3, -0.25) is 10.1 Å². The summed E-state index contributed by atoms with van der Waals surface area (Å²) in [6.07, 6.45) is 0.731. The van der Waals surface area contributed by atoms with Crippen LogP contribution in [0.2, 0.25) is 5.02 Å². The third kappa shape index (κ3) is 6.00. The zero-order valence-electron chi connectivity index (χ0n) is 13.9. The van der Waals surface area contributed by atoms with Crippen molar-refractivity contribution < 1.29 is 14.3 Å². The minimum absolute atomic E-state index is 0.211. The summed E-state index contributed by atoms with van der Waals surface area (Å²) in [6.45, 7) is 2.83. The van der Waals surface area contributed by atoms with Gasteiger partial charge in [-0.1, -0.05) is 22.9 Å². The van der Waals surface area contributed by atoms with Crippen molar-refractivity contribution in [2.45, 2.75) is 13.3 Å². The quantitative estimate of drug-likeness (QED) is 0.639. The van der Waals surface area contributed by atoms with Crippen molar-refractivity contribution in [3.63, 3.8) is 0 Å². The topological polar surface area (TPSA) is 92.4 Å². The molecule has 2 rings (SSSR count). The Bertz CT molecular complexity index is 733. The summed E-state index contributed by atoms with van der Waals surface area (Å²) in [7, 11) is 1.61. The summed E-state index contributed by atoms with van der Waals surface area (Å²) in [5.74, 6) is -0.211. The number of nitrogens with zero attached hydrogens (tertiary/aromatic N) is 1. The molecule has 9 heteroatoms. The molecule has 0 fully saturated rings. The average molecular weight is 383 g/mol. The Hall–Kier alpha value is -2.16. The van der Waals surface area contributed by atoms with Gasteiger partial charge in [0.05, 0.1) is 5.69 Å². The first-order valence-corrected chi connectivity index (χ1v) is 8.77. The summed E-state index contributed by atoms with van der Waals surface area (Å²) in [6, 6.07) is 6.29. The van der Waals surface area contributed by atoms with Gasteiger partial charge < -0.3 is 15.4 Å². The van der Waals surface area contributed by atoms with Crippen molar-refractivity contribution in [2.75, 3.05) is 30.9 Å². The highest BCUT2D eigenvalue weighted by atomic mass is 35.5. The normalized spacial score (nSPS) is 10.4. The molecule has 0 radical (unpaired) electrons. The maximum Gasteiger partial charge on any atom is 0.325 e. The fourth-order valence-corrected chi connectivity index (χ4v) is 2.96. The lowest BCUT2D eigenvalue weighted by Crippen LogP contribution is -2.25. The molecule has 134 valence electrons. The van der Waals surface area contributed by atoms with Gasteiger partial charge in [-0.15, -0.1) is 0 Å². The number of benzene rings is 1. The number of ether oxygens (including phenoxy) is 1. The summed E-state index contributed by atoms with van der Waals surface area (Å²) in [5, 5.41) is 9.02. The standard InChI is InChI=1S/C16H19ClN4O3S/c1-10-13(14(22)18-8-3-9-24-2)25-16(19-10)21-15(23)20-12-6-4-11(17)5-7-12/h4-7H,3,8-9H2,1-2H3,(H,18,22)(H2,19,20,21,23). The number of nitrogens with one attached hydrogen (secondary N) is 3. The van der Waals surface area contributed by atoms with E-state index in [1.807, 2.05) is 0 Å². The van der Waals surface area contributed by atoms with Crippen LogP contribution in [-0.4, -0.2) is 37.2 Å². The first-order valence-electron chi connectivity index (χ1n) is 7.57. The second-order valence-electron chi connectivity index (χ2n) is 5.12. The largest absolute Gasteiger partial charge is 0.385 e. The number of anilines is 2. The predicted molar refractivity (Wildman–Crippen MR) is 99.8 cm³/mol. The van der Waals surface area contributed by atoms with Crippen LogP contribution in [0.3, 0.4) is 0 Å². The number of aryl methyl sites for hydroxylation is 1. The molecule has 0 aliphatic rings. The number of hydrogen-bond acceptors (Lipinski definition) is 5. The maximum atomic E-state index is 12.1. The zero-order valence-corrected chi connectivity index (χ0v) is 15.5. The molecular formula is C16H19ClN4O3S. The Labute approximate surface area is 154 Å². The second-order valence-corrected chi connectivity index (χ2v) is 6.56. The van der Waals surface area contributed by atoms with Gasteiger partial charge in [0.15, 0.2) is 5.13 Å². The minimum atomic E-state index is -0.442. The third-order valence-electron chi connectivity index (χ3n) is 3.14. The third-order valence-corrected chi connectivity index (χ3v) is 4.46. The molecule has 0 spiro atoms. The minimum Gasteiger partial charge on any atom is -0.385 e. The molecule has 1 aromatic heterocycles. The van der Waals surface area contributed by atoms with Crippen LogP contribution in [0.25, 0.3) is 0 Å². The second kappa shape index (κ2) is 9.36. The monoisotopic (exact) mass is 382 g/mol. The highest BCUT2D eigenvalue weighted by Crippen LogP contribution is 2.23. The number of urea groups is 1. The van der Waals surface area contributed by atoms with Gasteiger partial charge in [-0.2, -0.15) is 0 Å². The maximum absolute atomic E-state index is 12.1. The van der Waals surface area contributed by atoms with Gasteiger partial charge in [0.2, 0.25) is 0 Å². The Morgan fingerprint density at radius 2 is 1.96 bits per heavy atom. The molecule has 0 saturated carbocycles. The number of carbonyl (C=O) groups excluding carboxylic acids is 2. The zero-order chi connectivity index (χ0) is 18.2. The number of aromatic nitrogens is 1. The van der Waals surface area contributed by atoms with Crippen molar-refractivity contribution >= 4 is 45.7 Å². The molecule has 0 unspecified atom stereocenters. The van der Waals surface area contributed by atoms with Crippen molar-refractivity contribution in [1.29, 1.82) is 0 Å². The number of hydrogen-bond donors (Lipinski definition) is 3. The van der Waals surface area contributed by atoms with Gasteiger partial charge >= 0.3 is 6.03 Å². The highest BCUT2D eigenvalue weighted by Gasteiger charge is 2.16. The van der Waals surface area contributed by atoms with Gasteiger partial charge in [0, 0.05) is 31.0 Å². The van der Waals surface area contributed by atoms with E-state index in [-0.39, 0.29) is 5.91 Å². The molecule has 3 amide bonds. The highest BCUT2D eigenvalue weighted by molar-refractivity contribution is 7.17. The Morgan fingerprint density at radius 1 is 1.24 bits per heavy atom. The van der Waals surface area contributed by atoms with Crippen LogP contribution in [0, 0.1) is 6.92 Å². The number of halogens is 1. The molecule has 0 aliphatic heterocycles. The van der Waals surface area contributed by atoms with Gasteiger partial charge in [-0.05, 0) is 37.6 Å². The van der Waals surface area contributed by atoms with Crippen molar-refractivity contribution in [3.8, 4) is 0 Å². The first-order chi connectivity index (χ1) is 12.0. The van der Waals surface area contributed by atoms with E-state index in [1.165, 1.54) is 0 Å². The van der Waals surface area contributed by atoms with Gasteiger partial charge in [0.1, 0.15) is 4.88 Å². The molecule has 7 nitrogen and oxygen atoms in total. The summed E-state index contributed by atoms with van der Waals surface area (Å²) < 4.78 is 4.93. The van der Waals surface area contributed by atoms with E-state index >= 15 is 0 Å². The van der Waals surface area contributed by atoms with Crippen LogP contribution in [-0.2, 0) is 4.74 Å². The number of carbonyl (C=O) groups is 2. The van der Waals surface area contributed by atoms with Crippen molar-refractivity contribution in [2.24, 2.45) is 0 Å². The molecule has 0 aliphatic carbocycles. The first kappa shape index (κ1) is 19.2. The van der Waals surface area contributed by atoms with Crippen LogP contribution >= 0.6 is 22.9 Å². The Morgan fingerprint density at radius 3 is 2.64 bits per heavy atom. The number of amides is 3. The summed E-state index contributed by atoms with van der Waals surface area (Å²) in [5.41, 5.74) is 1.17. The van der Waals surface area contributed by atoms with Gasteiger partial charge in [0.25, 0.3) is 5.91 Å². The van der Waals surface area contributed by atoms with Crippen LogP contribution in [0.1, 0.15) is 21.8 Å². The van der Waals surface area contributed by atoms with Crippen molar-refractivity contribution in [1.82, 2.24) is 10.3 Å². The number of thiazole rings is 1. The van der Waals surface area contributed by atoms with E-state index in [1.54, 1.807) is 38.3 Å².